The maximum atomic E-state index is 4.56. The Labute approximate surface area is 113 Å². The van der Waals surface area contributed by atoms with E-state index in [0.29, 0.717) is 11.2 Å². The molecule has 0 radical (unpaired) electrons. The molecule has 1 aromatic heterocycles. The minimum Gasteiger partial charge on any atom is -0.361 e. The lowest BCUT2D eigenvalue weighted by Gasteiger charge is -2.12. The van der Waals surface area contributed by atoms with Crippen LogP contribution in [0.3, 0.4) is 0 Å². The number of hydrogen-bond donors (Lipinski definition) is 1. The van der Waals surface area contributed by atoms with E-state index in [-0.39, 0.29) is 0 Å². The fourth-order valence-corrected chi connectivity index (χ4v) is 3.05. The average Bonchev–Trinajstić information content (AvgIpc) is 2.92. The SMILES string of the molecule is CCc1nn(C)cc1CNC1=NCC(C(C)C)S1. The van der Waals surface area contributed by atoms with Crippen molar-refractivity contribution < 1.29 is 0 Å². The van der Waals surface area contributed by atoms with Crippen LogP contribution in [0.5, 0.6) is 0 Å². The predicted molar refractivity (Wildman–Crippen MR) is 77.9 cm³/mol. The van der Waals surface area contributed by atoms with Gasteiger partial charge in [-0.05, 0) is 12.3 Å². The zero-order valence-corrected chi connectivity index (χ0v) is 12.4. The minimum absolute atomic E-state index is 0.632. The van der Waals surface area contributed by atoms with Crippen LogP contribution in [-0.2, 0) is 20.0 Å². The van der Waals surface area contributed by atoms with E-state index < -0.39 is 0 Å². The third kappa shape index (κ3) is 3.07. The van der Waals surface area contributed by atoms with Crippen LogP contribution in [0.1, 0.15) is 32.0 Å². The maximum absolute atomic E-state index is 4.56. The van der Waals surface area contributed by atoms with Gasteiger partial charge in [0, 0.05) is 30.6 Å². The van der Waals surface area contributed by atoms with E-state index in [2.05, 4.69) is 42.4 Å². The molecule has 0 fully saturated rings. The molecule has 0 aromatic carbocycles. The highest BCUT2D eigenvalue weighted by atomic mass is 32.2. The van der Waals surface area contributed by atoms with E-state index in [1.54, 1.807) is 0 Å². The highest BCUT2D eigenvalue weighted by Gasteiger charge is 2.22. The van der Waals surface area contributed by atoms with Gasteiger partial charge in [-0.1, -0.05) is 32.5 Å². The number of hydrogen-bond acceptors (Lipinski definition) is 4. The third-order valence-electron chi connectivity index (χ3n) is 3.18. The molecule has 1 aliphatic heterocycles. The molecule has 0 aliphatic carbocycles. The molecular weight excluding hydrogens is 244 g/mol. The predicted octanol–water partition coefficient (Wildman–Crippen LogP) is 2.20. The number of rotatable bonds is 4. The number of amidine groups is 1. The maximum Gasteiger partial charge on any atom is 0.157 e. The first kappa shape index (κ1) is 13.5. The molecule has 1 aliphatic rings. The van der Waals surface area contributed by atoms with Crippen molar-refractivity contribution in [3.8, 4) is 0 Å². The summed E-state index contributed by atoms with van der Waals surface area (Å²) < 4.78 is 1.89. The fourth-order valence-electron chi connectivity index (χ4n) is 2.04. The van der Waals surface area contributed by atoms with Crippen LogP contribution in [0.25, 0.3) is 0 Å². The van der Waals surface area contributed by atoms with Gasteiger partial charge in [-0.3, -0.25) is 9.67 Å². The summed E-state index contributed by atoms with van der Waals surface area (Å²) in [5.41, 5.74) is 2.45. The van der Waals surface area contributed by atoms with Gasteiger partial charge in [0.1, 0.15) is 0 Å². The van der Waals surface area contributed by atoms with Crippen LogP contribution < -0.4 is 5.32 Å². The molecule has 100 valence electrons. The van der Waals surface area contributed by atoms with Gasteiger partial charge in [0.25, 0.3) is 0 Å². The summed E-state index contributed by atoms with van der Waals surface area (Å²) in [5.74, 6) is 0.683. The number of aryl methyl sites for hydroxylation is 2. The second-order valence-corrected chi connectivity index (χ2v) is 6.26. The zero-order chi connectivity index (χ0) is 13.1. The second kappa shape index (κ2) is 5.78. The Balaban J connectivity index is 1.89. The Kier molecular flexibility index (Phi) is 4.32. The molecule has 2 rings (SSSR count). The van der Waals surface area contributed by atoms with Crippen LogP contribution in [0.4, 0.5) is 0 Å². The fraction of sp³-hybridized carbons (Fsp3) is 0.692. The first-order chi connectivity index (χ1) is 8.60. The van der Waals surface area contributed by atoms with Gasteiger partial charge in [-0.25, -0.2) is 0 Å². The van der Waals surface area contributed by atoms with E-state index in [0.717, 1.165) is 24.7 Å². The number of thioether (sulfide) groups is 1. The lowest BCUT2D eigenvalue weighted by molar-refractivity contribution is 0.621. The topological polar surface area (TPSA) is 42.2 Å². The summed E-state index contributed by atoms with van der Waals surface area (Å²) in [6, 6.07) is 0. The van der Waals surface area contributed by atoms with Gasteiger partial charge in [0.15, 0.2) is 5.17 Å². The Morgan fingerprint density at radius 2 is 2.33 bits per heavy atom. The molecule has 2 heterocycles. The molecule has 4 nitrogen and oxygen atoms in total. The van der Waals surface area contributed by atoms with Gasteiger partial charge < -0.3 is 5.32 Å². The van der Waals surface area contributed by atoms with Crippen molar-refractivity contribution in [3.05, 3.63) is 17.5 Å². The summed E-state index contributed by atoms with van der Waals surface area (Å²) in [4.78, 5) is 4.56. The van der Waals surface area contributed by atoms with Gasteiger partial charge >= 0.3 is 0 Å². The van der Waals surface area contributed by atoms with Crippen LogP contribution in [0.15, 0.2) is 11.2 Å². The highest BCUT2D eigenvalue weighted by molar-refractivity contribution is 8.14. The van der Waals surface area contributed by atoms with E-state index in [9.17, 15) is 0 Å². The molecule has 0 saturated carbocycles. The monoisotopic (exact) mass is 266 g/mol. The molecule has 18 heavy (non-hydrogen) atoms. The normalized spacial score (nSPS) is 19.4. The Morgan fingerprint density at radius 1 is 1.56 bits per heavy atom. The van der Waals surface area contributed by atoms with E-state index >= 15 is 0 Å². The van der Waals surface area contributed by atoms with Crippen molar-refractivity contribution in [1.82, 2.24) is 15.1 Å². The van der Waals surface area contributed by atoms with E-state index in [4.69, 9.17) is 0 Å². The molecule has 0 saturated heterocycles. The summed E-state index contributed by atoms with van der Waals surface area (Å²) in [7, 11) is 1.97. The quantitative estimate of drug-likeness (QED) is 0.908. The summed E-state index contributed by atoms with van der Waals surface area (Å²) in [5, 5.41) is 9.59. The Hall–Kier alpha value is -0.970. The molecule has 1 N–H and O–H groups in total. The van der Waals surface area contributed by atoms with Crippen molar-refractivity contribution >= 4 is 16.9 Å². The number of aliphatic imine (C=N–C) groups is 1. The molecule has 0 spiro atoms. The summed E-state index contributed by atoms with van der Waals surface area (Å²) in [6.07, 6.45) is 3.07. The molecule has 1 atom stereocenters. The van der Waals surface area contributed by atoms with Gasteiger partial charge in [0.2, 0.25) is 0 Å². The number of nitrogens with zero attached hydrogens (tertiary/aromatic N) is 3. The number of nitrogens with one attached hydrogen (secondary N) is 1. The van der Waals surface area contributed by atoms with Crippen molar-refractivity contribution in [2.45, 2.75) is 39.0 Å². The van der Waals surface area contributed by atoms with Crippen LogP contribution in [-0.4, -0.2) is 26.7 Å². The van der Waals surface area contributed by atoms with Crippen LogP contribution in [0.2, 0.25) is 0 Å². The first-order valence-electron chi connectivity index (χ1n) is 6.56. The smallest absolute Gasteiger partial charge is 0.157 e. The lowest BCUT2D eigenvalue weighted by atomic mass is 10.1. The molecular formula is C13H22N4S. The third-order valence-corrected chi connectivity index (χ3v) is 4.67. The standard InChI is InChI=1S/C13H22N4S/c1-5-11-10(8-17(4)16-11)6-14-13-15-7-12(18-13)9(2)3/h8-9,12H,5-7H2,1-4H3,(H,14,15). The summed E-state index contributed by atoms with van der Waals surface area (Å²) >= 11 is 1.87. The zero-order valence-electron chi connectivity index (χ0n) is 11.6. The van der Waals surface area contributed by atoms with Crippen molar-refractivity contribution in [3.63, 3.8) is 0 Å². The number of aromatic nitrogens is 2. The Bertz CT molecular complexity index is 436. The summed E-state index contributed by atoms with van der Waals surface area (Å²) in [6.45, 7) is 8.42. The molecule has 5 heteroatoms. The molecule has 1 aromatic rings. The van der Waals surface area contributed by atoms with Gasteiger partial charge in [0.05, 0.1) is 12.2 Å². The van der Waals surface area contributed by atoms with E-state index in [1.165, 1.54) is 11.3 Å². The first-order valence-corrected chi connectivity index (χ1v) is 7.44. The lowest BCUT2D eigenvalue weighted by Crippen LogP contribution is -2.20. The van der Waals surface area contributed by atoms with Gasteiger partial charge in [-0.15, -0.1) is 0 Å². The minimum atomic E-state index is 0.632. The average molecular weight is 266 g/mol. The van der Waals surface area contributed by atoms with Crippen molar-refractivity contribution in [2.24, 2.45) is 18.0 Å². The molecule has 1 unspecified atom stereocenters. The van der Waals surface area contributed by atoms with Crippen LogP contribution in [0, 0.1) is 5.92 Å². The van der Waals surface area contributed by atoms with Gasteiger partial charge in [-0.2, -0.15) is 5.10 Å². The van der Waals surface area contributed by atoms with Crippen molar-refractivity contribution in [1.29, 1.82) is 0 Å². The Morgan fingerprint density at radius 3 is 2.94 bits per heavy atom. The highest BCUT2D eigenvalue weighted by Crippen LogP contribution is 2.26. The largest absolute Gasteiger partial charge is 0.361 e. The molecule has 0 amide bonds. The molecule has 0 bridgehead atoms. The van der Waals surface area contributed by atoms with Crippen LogP contribution >= 0.6 is 11.8 Å². The second-order valence-electron chi connectivity index (χ2n) is 5.03. The van der Waals surface area contributed by atoms with Crippen molar-refractivity contribution in [2.75, 3.05) is 6.54 Å². The van der Waals surface area contributed by atoms with E-state index in [1.807, 2.05) is 23.5 Å².